The molecule has 0 aromatic carbocycles. The molecule has 8 heteroatoms. The van der Waals surface area contributed by atoms with Crippen LogP contribution in [0.4, 0.5) is 0 Å². The van der Waals surface area contributed by atoms with Crippen LogP contribution in [0.2, 0.25) is 10.3 Å². The fourth-order valence-electron chi connectivity index (χ4n) is 2.23. The van der Waals surface area contributed by atoms with Crippen LogP contribution >= 0.6 is 35.0 Å². The predicted octanol–water partition coefficient (Wildman–Crippen LogP) is 3.01. The van der Waals surface area contributed by atoms with Crippen molar-refractivity contribution >= 4 is 46.8 Å². The average Bonchev–Trinajstić information content (AvgIpc) is 2.81. The van der Waals surface area contributed by atoms with Gasteiger partial charge in [-0.15, -0.1) is 11.8 Å². The van der Waals surface area contributed by atoms with Gasteiger partial charge in [-0.1, -0.05) is 37.0 Å². The fourth-order valence-corrected chi connectivity index (χ4v) is 4.16. The highest BCUT2D eigenvalue weighted by atomic mass is 35.5. The largest absolute Gasteiger partial charge is 0.480 e. The Hall–Kier alpha value is -0.980. The number of hydrogen-bond donors (Lipinski definition) is 1. The van der Waals surface area contributed by atoms with Crippen LogP contribution in [0.5, 0.6) is 0 Å². The summed E-state index contributed by atoms with van der Waals surface area (Å²) in [5.74, 6) is -0.894. The van der Waals surface area contributed by atoms with Crippen LogP contribution in [0.25, 0.3) is 0 Å². The van der Waals surface area contributed by atoms with Crippen molar-refractivity contribution in [3.8, 4) is 0 Å². The second-order valence-corrected chi connectivity index (χ2v) is 6.96. The molecule has 2 rings (SSSR count). The number of carboxylic acids is 1. The molecule has 21 heavy (non-hydrogen) atoms. The molecule has 1 N–H and O–H groups in total. The maximum Gasteiger partial charge on any atom is 0.327 e. The Kier molecular flexibility index (Phi) is 5.01. The summed E-state index contributed by atoms with van der Waals surface area (Å²) in [7, 11) is 0. The average molecular weight is 349 g/mol. The van der Waals surface area contributed by atoms with Crippen LogP contribution in [-0.2, 0) is 4.79 Å². The van der Waals surface area contributed by atoms with E-state index in [4.69, 9.17) is 23.2 Å². The van der Waals surface area contributed by atoms with Gasteiger partial charge in [-0.3, -0.25) is 4.79 Å². The quantitative estimate of drug-likeness (QED) is 0.850. The third-order valence-electron chi connectivity index (χ3n) is 3.13. The van der Waals surface area contributed by atoms with Gasteiger partial charge in [0.1, 0.15) is 16.3 Å². The first-order chi connectivity index (χ1) is 9.81. The van der Waals surface area contributed by atoms with Crippen LogP contribution in [0.1, 0.15) is 24.2 Å². The molecule has 1 aromatic rings. The zero-order valence-corrected chi connectivity index (χ0v) is 13.7. The first-order valence-electron chi connectivity index (χ1n) is 6.31. The monoisotopic (exact) mass is 348 g/mol. The third-order valence-corrected chi connectivity index (χ3v) is 5.14. The zero-order chi connectivity index (χ0) is 15.7. The smallest absolute Gasteiger partial charge is 0.327 e. The molecular weight excluding hydrogens is 335 g/mol. The van der Waals surface area contributed by atoms with Crippen molar-refractivity contribution in [2.45, 2.75) is 25.3 Å². The number of carboxylic acid groups (broad SMARTS) is 1. The van der Waals surface area contributed by atoms with E-state index in [9.17, 15) is 14.7 Å². The lowest BCUT2D eigenvalue weighted by molar-refractivity contribution is -0.141. The minimum absolute atomic E-state index is 0.102. The summed E-state index contributed by atoms with van der Waals surface area (Å²) in [6.07, 6.45) is 0. The molecule has 1 saturated heterocycles. The van der Waals surface area contributed by atoms with Crippen LogP contribution < -0.4 is 0 Å². The van der Waals surface area contributed by atoms with Crippen molar-refractivity contribution in [2.24, 2.45) is 5.92 Å². The number of carbonyl (C=O) groups is 2. The Morgan fingerprint density at radius 1 is 1.38 bits per heavy atom. The molecule has 114 valence electrons. The molecule has 1 amide bonds. The van der Waals surface area contributed by atoms with Crippen molar-refractivity contribution in [1.82, 2.24) is 9.88 Å². The summed E-state index contributed by atoms with van der Waals surface area (Å²) in [4.78, 5) is 29.3. The Labute approximate surface area is 136 Å². The van der Waals surface area contributed by atoms with Gasteiger partial charge in [0.25, 0.3) is 5.91 Å². The van der Waals surface area contributed by atoms with Gasteiger partial charge in [0.05, 0.1) is 5.37 Å². The molecule has 1 aromatic heterocycles. The number of thioether (sulfide) groups is 1. The van der Waals surface area contributed by atoms with Gasteiger partial charge in [-0.25, -0.2) is 9.78 Å². The van der Waals surface area contributed by atoms with Gasteiger partial charge in [0.2, 0.25) is 0 Å². The van der Waals surface area contributed by atoms with Crippen molar-refractivity contribution in [2.75, 3.05) is 5.75 Å². The maximum atomic E-state index is 12.7. The van der Waals surface area contributed by atoms with E-state index in [0.717, 1.165) is 0 Å². The van der Waals surface area contributed by atoms with Crippen LogP contribution in [0, 0.1) is 5.92 Å². The normalized spacial score (nSPS) is 21.9. The second-order valence-electron chi connectivity index (χ2n) is 5.04. The Bertz CT molecular complexity index is 562. The minimum atomic E-state index is -1.01. The summed E-state index contributed by atoms with van der Waals surface area (Å²) in [6.45, 7) is 3.91. The van der Waals surface area contributed by atoms with Gasteiger partial charge in [-0.2, -0.15) is 0 Å². The topological polar surface area (TPSA) is 70.5 Å². The Balaban J connectivity index is 2.38. The van der Waals surface area contributed by atoms with E-state index in [2.05, 4.69) is 4.98 Å². The van der Waals surface area contributed by atoms with E-state index in [-0.39, 0.29) is 27.2 Å². The predicted molar refractivity (Wildman–Crippen MR) is 82.9 cm³/mol. The number of halogens is 2. The van der Waals surface area contributed by atoms with E-state index in [1.54, 1.807) is 0 Å². The number of aromatic nitrogens is 1. The SMILES string of the molecule is CC(C)C1SCC(C(=O)O)N1C(=O)c1cc(Cl)nc(Cl)c1. The summed E-state index contributed by atoms with van der Waals surface area (Å²) in [6, 6.07) is 1.95. The molecule has 1 aliphatic rings. The van der Waals surface area contributed by atoms with Crippen LogP contribution in [0.3, 0.4) is 0 Å². The van der Waals surface area contributed by atoms with E-state index >= 15 is 0 Å². The molecule has 2 heterocycles. The summed E-state index contributed by atoms with van der Waals surface area (Å²) >= 11 is 13.1. The molecule has 0 radical (unpaired) electrons. The lowest BCUT2D eigenvalue weighted by atomic mass is 10.1. The fraction of sp³-hybridized carbons (Fsp3) is 0.462. The number of pyridine rings is 1. The Morgan fingerprint density at radius 2 is 1.95 bits per heavy atom. The first-order valence-corrected chi connectivity index (χ1v) is 8.12. The van der Waals surface area contributed by atoms with E-state index in [0.29, 0.717) is 5.75 Å². The summed E-state index contributed by atoms with van der Waals surface area (Å²) < 4.78 is 0. The molecule has 0 saturated carbocycles. The van der Waals surface area contributed by atoms with Gasteiger partial charge >= 0.3 is 5.97 Å². The number of aliphatic carboxylic acids is 1. The minimum Gasteiger partial charge on any atom is -0.480 e. The van der Waals surface area contributed by atoms with Crippen molar-refractivity contribution in [3.05, 3.63) is 28.0 Å². The van der Waals surface area contributed by atoms with E-state index in [1.165, 1.54) is 28.8 Å². The van der Waals surface area contributed by atoms with Gasteiger partial charge < -0.3 is 10.0 Å². The second kappa shape index (κ2) is 6.42. The molecule has 0 spiro atoms. The van der Waals surface area contributed by atoms with E-state index < -0.39 is 17.9 Å². The van der Waals surface area contributed by atoms with Gasteiger partial charge in [0, 0.05) is 11.3 Å². The number of amides is 1. The highest BCUT2D eigenvalue weighted by Crippen LogP contribution is 2.35. The molecule has 0 aliphatic carbocycles. The number of carbonyl (C=O) groups excluding carboxylic acids is 1. The maximum absolute atomic E-state index is 12.7. The molecule has 2 unspecified atom stereocenters. The molecule has 1 fully saturated rings. The highest BCUT2D eigenvalue weighted by Gasteiger charge is 2.43. The molecular formula is C13H14Cl2N2O3S. The van der Waals surface area contributed by atoms with E-state index in [1.807, 2.05) is 13.8 Å². The van der Waals surface area contributed by atoms with Crippen molar-refractivity contribution in [1.29, 1.82) is 0 Å². The lowest BCUT2D eigenvalue weighted by Crippen LogP contribution is -2.47. The zero-order valence-electron chi connectivity index (χ0n) is 11.4. The lowest BCUT2D eigenvalue weighted by Gasteiger charge is -2.29. The van der Waals surface area contributed by atoms with Crippen molar-refractivity contribution < 1.29 is 14.7 Å². The Morgan fingerprint density at radius 3 is 2.43 bits per heavy atom. The summed E-state index contributed by atoms with van der Waals surface area (Å²) in [5, 5.41) is 9.33. The van der Waals surface area contributed by atoms with Gasteiger partial charge in [-0.05, 0) is 18.1 Å². The van der Waals surface area contributed by atoms with Crippen LogP contribution in [-0.4, -0.2) is 44.0 Å². The highest BCUT2D eigenvalue weighted by molar-refractivity contribution is 8.00. The van der Waals surface area contributed by atoms with Crippen molar-refractivity contribution in [3.63, 3.8) is 0 Å². The molecule has 5 nitrogen and oxygen atoms in total. The molecule has 0 bridgehead atoms. The number of nitrogens with zero attached hydrogens (tertiary/aromatic N) is 2. The third kappa shape index (κ3) is 3.44. The van der Waals surface area contributed by atoms with Crippen LogP contribution in [0.15, 0.2) is 12.1 Å². The van der Waals surface area contributed by atoms with Gasteiger partial charge in [0.15, 0.2) is 0 Å². The number of hydrogen-bond acceptors (Lipinski definition) is 4. The summed E-state index contributed by atoms with van der Waals surface area (Å²) in [5.41, 5.74) is 0.249. The molecule has 2 atom stereocenters. The standard InChI is InChI=1S/C13H14Cl2N2O3S/c1-6(2)12-17(8(5-21-12)13(19)20)11(18)7-3-9(14)16-10(15)4-7/h3-4,6,8,12H,5H2,1-2H3,(H,19,20). The molecule has 1 aliphatic heterocycles. The first kappa shape index (κ1) is 16.4. The number of rotatable bonds is 3.